The van der Waals surface area contributed by atoms with Gasteiger partial charge in [0.25, 0.3) is 0 Å². The van der Waals surface area contributed by atoms with E-state index in [0.717, 1.165) is 17.0 Å². The Morgan fingerprint density at radius 1 is 1.17 bits per heavy atom. The Morgan fingerprint density at radius 2 is 1.97 bits per heavy atom. The van der Waals surface area contributed by atoms with Crippen LogP contribution in [0.25, 0.3) is 0 Å². The van der Waals surface area contributed by atoms with E-state index in [2.05, 4.69) is 39.6 Å². The molecule has 0 spiro atoms. The summed E-state index contributed by atoms with van der Waals surface area (Å²) in [6.07, 6.45) is 1.69. The molecule has 30 heavy (non-hydrogen) atoms. The monoisotopic (exact) mass is 525 g/mol. The summed E-state index contributed by atoms with van der Waals surface area (Å²) >= 11 is 0. The highest BCUT2D eigenvalue weighted by Gasteiger charge is 2.08. The van der Waals surface area contributed by atoms with Crippen LogP contribution < -0.4 is 15.4 Å². The summed E-state index contributed by atoms with van der Waals surface area (Å²) in [4.78, 5) is 8.45. The van der Waals surface area contributed by atoms with Gasteiger partial charge in [0.1, 0.15) is 11.6 Å². The van der Waals surface area contributed by atoms with Crippen molar-refractivity contribution in [3.8, 4) is 11.6 Å². The topological polar surface area (TPSA) is 84.6 Å². The third-order valence-corrected chi connectivity index (χ3v) is 4.10. The minimum absolute atomic E-state index is 0. The lowest BCUT2D eigenvalue weighted by molar-refractivity contribution is 0.372. The van der Waals surface area contributed by atoms with Crippen molar-refractivity contribution in [1.82, 2.24) is 20.8 Å². The maximum Gasteiger partial charge on any atom is 0.219 e. The number of nitrogens with one attached hydrogen (secondary N) is 2. The van der Waals surface area contributed by atoms with Gasteiger partial charge in [-0.05, 0) is 23.6 Å². The summed E-state index contributed by atoms with van der Waals surface area (Å²) in [5.41, 5.74) is 1.87. The molecule has 0 bridgehead atoms. The van der Waals surface area contributed by atoms with E-state index in [4.69, 9.17) is 9.26 Å². The molecular formula is C21H25FIN5O2. The van der Waals surface area contributed by atoms with Crippen LogP contribution in [0.1, 0.15) is 36.8 Å². The first-order valence-electron chi connectivity index (χ1n) is 9.32. The number of halogens is 2. The Kier molecular flexibility index (Phi) is 9.03. The molecule has 2 N–H and O–H groups in total. The van der Waals surface area contributed by atoms with Crippen LogP contribution >= 0.6 is 24.0 Å². The zero-order valence-corrected chi connectivity index (χ0v) is 19.4. The van der Waals surface area contributed by atoms with Crippen molar-refractivity contribution < 1.29 is 13.7 Å². The molecule has 1 aromatic carbocycles. The van der Waals surface area contributed by atoms with Gasteiger partial charge in [0.05, 0.1) is 12.2 Å². The Morgan fingerprint density at radius 3 is 2.60 bits per heavy atom. The first-order valence-corrected chi connectivity index (χ1v) is 9.32. The molecule has 0 saturated heterocycles. The van der Waals surface area contributed by atoms with Crippen LogP contribution in [0.4, 0.5) is 4.39 Å². The zero-order valence-electron chi connectivity index (χ0n) is 17.1. The minimum Gasteiger partial charge on any atom is -0.439 e. The van der Waals surface area contributed by atoms with E-state index in [1.165, 1.54) is 12.1 Å². The lowest BCUT2D eigenvalue weighted by Gasteiger charge is -2.11. The quantitative estimate of drug-likeness (QED) is 0.267. The van der Waals surface area contributed by atoms with Gasteiger partial charge >= 0.3 is 0 Å². The summed E-state index contributed by atoms with van der Waals surface area (Å²) in [6.45, 7) is 5.15. The van der Waals surface area contributed by atoms with E-state index < -0.39 is 0 Å². The molecule has 0 fully saturated rings. The molecular weight excluding hydrogens is 500 g/mol. The van der Waals surface area contributed by atoms with Gasteiger partial charge in [0.2, 0.25) is 5.88 Å². The lowest BCUT2D eigenvalue weighted by atomic mass is 10.1. The summed E-state index contributed by atoms with van der Waals surface area (Å²) in [5, 5.41) is 10.4. The van der Waals surface area contributed by atoms with Gasteiger partial charge in [-0.25, -0.2) is 9.37 Å². The van der Waals surface area contributed by atoms with Crippen molar-refractivity contribution in [2.75, 3.05) is 7.05 Å². The maximum absolute atomic E-state index is 13.2. The SMILES string of the molecule is CN=C(NCc1ccc(Oc2cccc(F)c2)nc1)NCc1cc(C(C)C)no1.I. The first kappa shape index (κ1) is 23.6. The number of pyridine rings is 1. The van der Waals surface area contributed by atoms with Crippen molar-refractivity contribution >= 4 is 29.9 Å². The number of aliphatic imine (C=N–C) groups is 1. The van der Waals surface area contributed by atoms with Crippen molar-refractivity contribution in [3.63, 3.8) is 0 Å². The standard InChI is InChI=1S/C21H24FN5O2.HI/c1-14(2)19-10-18(29-27-19)13-26-21(23-3)25-12-15-7-8-20(24-11-15)28-17-6-4-5-16(22)9-17;/h4-11,14H,12-13H2,1-3H3,(H2,23,25,26);1H. The van der Waals surface area contributed by atoms with Crippen LogP contribution in [0.2, 0.25) is 0 Å². The van der Waals surface area contributed by atoms with Gasteiger partial charge in [0, 0.05) is 38.0 Å². The molecule has 3 rings (SSSR count). The Balaban J connectivity index is 0.00000320. The second kappa shape index (κ2) is 11.5. The van der Waals surface area contributed by atoms with E-state index in [0.29, 0.717) is 36.6 Å². The summed E-state index contributed by atoms with van der Waals surface area (Å²) in [5.74, 6) is 2.15. The van der Waals surface area contributed by atoms with Crippen LogP contribution in [0, 0.1) is 5.82 Å². The Bertz CT molecular complexity index is 960. The van der Waals surface area contributed by atoms with Crippen LogP contribution in [0.15, 0.2) is 58.2 Å². The fourth-order valence-electron chi connectivity index (χ4n) is 2.49. The minimum atomic E-state index is -0.354. The molecule has 0 aliphatic carbocycles. The lowest BCUT2D eigenvalue weighted by Crippen LogP contribution is -2.36. The summed E-state index contributed by atoms with van der Waals surface area (Å²) < 4.78 is 24.1. The molecule has 0 radical (unpaired) electrons. The Labute approximate surface area is 192 Å². The summed E-state index contributed by atoms with van der Waals surface area (Å²) in [6, 6.07) is 11.5. The second-order valence-electron chi connectivity index (χ2n) is 6.72. The van der Waals surface area contributed by atoms with Crippen LogP contribution in [-0.4, -0.2) is 23.1 Å². The predicted octanol–water partition coefficient (Wildman–Crippen LogP) is 4.61. The normalized spacial score (nSPS) is 11.2. The molecule has 0 aliphatic rings. The van der Waals surface area contributed by atoms with Crippen LogP contribution in [0.3, 0.4) is 0 Å². The highest BCUT2D eigenvalue weighted by Crippen LogP contribution is 2.20. The molecule has 3 aromatic rings. The average Bonchev–Trinajstić information content (AvgIpc) is 3.19. The van der Waals surface area contributed by atoms with Gasteiger partial charge in [-0.15, -0.1) is 24.0 Å². The number of rotatable bonds is 7. The van der Waals surface area contributed by atoms with Crippen molar-refractivity contribution in [1.29, 1.82) is 0 Å². The summed E-state index contributed by atoms with van der Waals surface area (Å²) in [7, 11) is 1.70. The number of hydrogen-bond acceptors (Lipinski definition) is 5. The molecule has 0 saturated carbocycles. The molecule has 0 aliphatic heterocycles. The average molecular weight is 525 g/mol. The van der Waals surface area contributed by atoms with Crippen LogP contribution in [0.5, 0.6) is 11.6 Å². The van der Waals surface area contributed by atoms with E-state index in [-0.39, 0.29) is 29.8 Å². The molecule has 160 valence electrons. The van der Waals surface area contributed by atoms with Gasteiger partial charge < -0.3 is 19.9 Å². The van der Waals surface area contributed by atoms with E-state index in [9.17, 15) is 4.39 Å². The zero-order chi connectivity index (χ0) is 20.6. The second-order valence-corrected chi connectivity index (χ2v) is 6.72. The molecule has 0 unspecified atom stereocenters. The highest BCUT2D eigenvalue weighted by molar-refractivity contribution is 14.0. The van der Waals surface area contributed by atoms with Gasteiger partial charge in [-0.2, -0.15) is 0 Å². The number of benzene rings is 1. The fraction of sp³-hybridized carbons (Fsp3) is 0.286. The maximum atomic E-state index is 13.2. The highest BCUT2D eigenvalue weighted by atomic mass is 127. The van der Waals surface area contributed by atoms with Gasteiger partial charge in [-0.3, -0.25) is 4.99 Å². The van der Waals surface area contributed by atoms with Gasteiger partial charge in [0.15, 0.2) is 11.7 Å². The van der Waals surface area contributed by atoms with E-state index in [1.54, 1.807) is 31.4 Å². The molecule has 2 aromatic heterocycles. The predicted molar refractivity (Wildman–Crippen MR) is 124 cm³/mol. The molecule has 2 heterocycles. The van der Waals surface area contributed by atoms with E-state index >= 15 is 0 Å². The third kappa shape index (κ3) is 6.97. The molecule has 0 amide bonds. The number of guanidine groups is 1. The van der Waals surface area contributed by atoms with Crippen LogP contribution in [-0.2, 0) is 13.1 Å². The van der Waals surface area contributed by atoms with E-state index in [1.807, 2.05) is 12.1 Å². The van der Waals surface area contributed by atoms with Crippen molar-refractivity contribution in [2.45, 2.75) is 32.9 Å². The number of hydrogen-bond donors (Lipinski definition) is 2. The first-order chi connectivity index (χ1) is 14.0. The number of aromatic nitrogens is 2. The van der Waals surface area contributed by atoms with Gasteiger partial charge in [-0.1, -0.05) is 31.1 Å². The molecule has 7 nitrogen and oxygen atoms in total. The smallest absolute Gasteiger partial charge is 0.219 e. The largest absolute Gasteiger partial charge is 0.439 e. The Hall–Kier alpha value is -2.69. The van der Waals surface area contributed by atoms with Crippen molar-refractivity contribution in [3.05, 3.63) is 71.5 Å². The number of nitrogens with zero attached hydrogens (tertiary/aromatic N) is 3. The molecule has 9 heteroatoms. The number of ether oxygens (including phenoxy) is 1. The molecule has 0 atom stereocenters. The fourth-order valence-corrected chi connectivity index (χ4v) is 2.49. The van der Waals surface area contributed by atoms with Crippen molar-refractivity contribution in [2.24, 2.45) is 4.99 Å². The third-order valence-electron chi connectivity index (χ3n) is 4.10.